The van der Waals surface area contributed by atoms with Crippen LogP contribution in [-0.4, -0.2) is 9.39 Å². The molecule has 1 rings (SSSR count). The molecule has 0 amide bonds. The zero-order valence-electron chi connectivity index (χ0n) is 7.08. The Bertz CT molecular complexity index is 427. The molecule has 0 aliphatic heterocycles. The molecule has 0 aliphatic rings. The van der Waals surface area contributed by atoms with E-state index < -0.39 is 9.39 Å². The second-order valence-corrected chi connectivity index (χ2v) is 5.51. The fourth-order valence-corrected chi connectivity index (χ4v) is 3.42. The standard InChI is InChI=1S/C8Br2Cl4O2/c9-7(15)1-3(11)5(13)2(8(10)16)6(14)4(1)12. The minimum Gasteiger partial charge on any atom is -0.281 e. The first kappa shape index (κ1) is 14.7. The lowest BCUT2D eigenvalue weighted by Crippen LogP contribution is -2.00. The molecule has 0 saturated carbocycles. The van der Waals surface area contributed by atoms with Crippen LogP contribution in [0.2, 0.25) is 20.1 Å². The summed E-state index contributed by atoms with van der Waals surface area (Å²) < 4.78 is -1.14. The summed E-state index contributed by atoms with van der Waals surface area (Å²) in [7, 11) is 0. The van der Waals surface area contributed by atoms with E-state index in [0.29, 0.717) is 0 Å². The van der Waals surface area contributed by atoms with Crippen LogP contribution >= 0.6 is 78.3 Å². The van der Waals surface area contributed by atoms with Gasteiger partial charge in [0.2, 0.25) is 9.39 Å². The Labute approximate surface area is 127 Å². The van der Waals surface area contributed by atoms with Crippen molar-refractivity contribution in [3.05, 3.63) is 31.2 Å². The van der Waals surface area contributed by atoms with Gasteiger partial charge in [-0.1, -0.05) is 46.4 Å². The Hall–Kier alpha value is 0.680. The highest BCUT2D eigenvalue weighted by Crippen LogP contribution is 2.42. The molecule has 16 heavy (non-hydrogen) atoms. The first-order valence-electron chi connectivity index (χ1n) is 3.54. The van der Waals surface area contributed by atoms with Crippen molar-refractivity contribution in [2.45, 2.75) is 0 Å². The number of carbonyl (C=O) groups is 2. The number of hydrogen-bond acceptors (Lipinski definition) is 2. The van der Waals surface area contributed by atoms with Gasteiger partial charge in [0.05, 0.1) is 31.2 Å². The Morgan fingerprint density at radius 1 is 0.688 bits per heavy atom. The molecule has 0 N–H and O–H groups in total. The van der Waals surface area contributed by atoms with Crippen LogP contribution in [0.5, 0.6) is 0 Å². The first-order chi connectivity index (χ1) is 7.29. The van der Waals surface area contributed by atoms with Gasteiger partial charge in [0, 0.05) is 0 Å². The van der Waals surface area contributed by atoms with Crippen molar-refractivity contribution in [2.24, 2.45) is 0 Å². The largest absolute Gasteiger partial charge is 0.281 e. The molecule has 1 aromatic carbocycles. The van der Waals surface area contributed by atoms with E-state index in [0.717, 1.165) is 0 Å². The smallest absolute Gasteiger partial charge is 0.231 e. The van der Waals surface area contributed by atoms with E-state index in [2.05, 4.69) is 31.9 Å². The van der Waals surface area contributed by atoms with Gasteiger partial charge < -0.3 is 0 Å². The Morgan fingerprint density at radius 3 is 1.00 bits per heavy atom. The van der Waals surface area contributed by atoms with Gasteiger partial charge in [0.1, 0.15) is 0 Å². The van der Waals surface area contributed by atoms with E-state index >= 15 is 0 Å². The van der Waals surface area contributed by atoms with Gasteiger partial charge in [-0.2, -0.15) is 0 Å². The molecule has 0 saturated heterocycles. The number of carbonyl (C=O) groups excluding carboxylic acids is 2. The fourth-order valence-electron chi connectivity index (χ4n) is 0.977. The zero-order chi connectivity index (χ0) is 12.6. The molecule has 0 fully saturated rings. The van der Waals surface area contributed by atoms with Crippen molar-refractivity contribution in [3.63, 3.8) is 0 Å². The molecule has 0 heterocycles. The molecule has 1 aromatic rings. The third-order valence-electron chi connectivity index (χ3n) is 1.66. The molecule has 0 bridgehead atoms. The number of hydrogen-bond donors (Lipinski definition) is 0. The van der Waals surface area contributed by atoms with E-state index in [-0.39, 0.29) is 31.2 Å². The molecule has 86 valence electrons. The monoisotopic (exact) mass is 426 g/mol. The topological polar surface area (TPSA) is 34.1 Å². The summed E-state index contributed by atoms with van der Waals surface area (Å²) in [5, 5.41) is -0.497. The maximum Gasteiger partial charge on any atom is 0.231 e. The van der Waals surface area contributed by atoms with Crippen molar-refractivity contribution < 1.29 is 9.59 Å². The van der Waals surface area contributed by atoms with Crippen LogP contribution in [0.25, 0.3) is 0 Å². The van der Waals surface area contributed by atoms with Gasteiger partial charge in [0.15, 0.2) is 0 Å². The fraction of sp³-hybridized carbons (Fsp3) is 0. The van der Waals surface area contributed by atoms with Gasteiger partial charge in [-0.3, -0.25) is 9.59 Å². The van der Waals surface area contributed by atoms with Crippen molar-refractivity contribution in [1.29, 1.82) is 0 Å². The molecule has 0 atom stereocenters. The lowest BCUT2D eigenvalue weighted by atomic mass is 10.1. The Morgan fingerprint density at radius 2 is 0.875 bits per heavy atom. The van der Waals surface area contributed by atoms with Gasteiger partial charge >= 0.3 is 0 Å². The van der Waals surface area contributed by atoms with E-state index in [4.69, 9.17) is 46.4 Å². The number of rotatable bonds is 2. The first-order valence-corrected chi connectivity index (χ1v) is 6.64. The predicted molar refractivity (Wildman–Crippen MR) is 73.0 cm³/mol. The van der Waals surface area contributed by atoms with Crippen molar-refractivity contribution in [1.82, 2.24) is 0 Å². The van der Waals surface area contributed by atoms with Gasteiger partial charge in [-0.05, 0) is 31.9 Å². The van der Waals surface area contributed by atoms with Crippen molar-refractivity contribution in [3.8, 4) is 0 Å². The Balaban J connectivity index is 3.77. The molecule has 0 unspecified atom stereocenters. The molecule has 8 heteroatoms. The van der Waals surface area contributed by atoms with Crippen LogP contribution in [0, 0.1) is 0 Å². The highest BCUT2D eigenvalue weighted by molar-refractivity contribution is 9.18. The van der Waals surface area contributed by atoms with Gasteiger partial charge in [-0.15, -0.1) is 0 Å². The zero-order valence-corrected chi connectivity index (χ0v) is 13.3. The lowest BCUT2D eigenvalue weighted by molar-refractivity contribution is 0.108. The van der Waals surface area contributed by atoms with Gasteiger partial charge in [-0.25, -0.2) is 0 Å². The molecule has 0 aromatic heterocycles. The third kappa shape index (κ3) is 2.57. The maximum absolute atomic E-state index is 11.2. The molecule has 0 spiro atoms. The summed E-state index contributed by atoms with van der Waals surface area (Å²) in [4.78, 5) is 22.4. The molecular formula is C8Br2Cl4O2. The highest BCUT2D eigenvalue weighted by Gasteiger charge is 2.25. The summed E-state index contributed by atoms with van der Waals surface area (Å²) in [6.45, 7) is 0. The maximum atomic E-state index is 11.2. The summed E-state index contributed by atoms with van der Waals surface area (Å²) >= 11 is 28.6. The normalized spacial score (nSPS) is 10.4. The van der Waals surface area contributed by atoms with Crippen LogP contribution < -0.4 is 0 Å². The van der Waals surface area contributed by atoms with E-state index in [1.807, 2.05) is 0 Å². The molecule has 0 aliphatic carbocycles. The van der Waals surface area contributed by atoms with E-state index in [1.54, 1.807) is 0 Å². The lowest BCUT2D eigenvalue weighted by Gasteiger charge is -2.10. The van der Waals surface area contributed by atoms with Crippen LogP contribution in [0.15, 0.2) is 0 Å². The quantitative estimate of drug-likeness (QED) is 0.468. The van der Waals surface area contributed by atoms with Crippen LogP contribution in [0.4, 0.5) is 0 Å². The molecule has 0 radical (unpaired) electrons. The number of benzene rings is 1. The van der Waals surface area contributed by atoms with Crippen molar-refractivity contribution in [2.75, 3.05) is 0 Å². The average Bonchev–Trinajstić information content (AvgIpc) is 2.14. The minimum atomic E-state index is -0.570. The third-order valence-corrected chi connectivity index (χ3v) is 4.15. The SMILES string of the molecule is O=C(Br)c1c(Cl)c(Cl)c(C(=O)Br)c(Cl)c1Cl. The minimum absolute atomic E-state index is 0.0733. The number of halogens is 6. The second-order valence-electron chi connectivity index (χ2n) is 2.55. The second kappa shape index (κ2) is 5.55. The van der Waals surface area contributed by atoms with Crippen LogP contribution in [-0.2, 0) is 0 Å². The summed E-state index contributed by atoms with van der Waals surface area (Å²) in [5.41, 5.74) is -0.147. The Kier molecular flexibility index (Phi) is 5.11. The predicted octanol–water partition coefficient (Wildman–Crippen LogP) is 5.37. The van der Waals surface area contributed by atoms with Crippen LogP contribution in [0.1, 0.15) is 20.7 Å². The van der Waals surface area contributed by atoms with Crippen LogP contribution in [0.3, 0.4) is 0 Å². The summed E-state index contributed by atoms with van der Waals surface area (Å²) in [6.07, 6.45) is 0. The highest BCUT2D eigenvalue weighted by atomic mass is 79.9. The summed E-state index contributed by atoms with van der Waals surface area (Å²) in [6, 6.07) is 0. The average molecular weight is 430 g/mol. The van der Waals surface area contributed by atoms with Gasteiger partial charge in [0.25, 0.3) is 0 Å². The van der Waals surface area contributed by atoms with E-state index in [1.165, 1.54) is 0 Å². The van der Waals surface area contributed by atoms with Crippen molar-refractivity contribution >= 4 is 87.6 Å². The van der Waals surface area contributed by atoms with E-state index in [9.17, 15) is 9.59 Å². The molecular weight excluding hydrogens is 430 g/mol. The molecule has 2 nitrogen and oxygen atoms in total. The summed E-state index contributed by atoms with van der Waals surface area (Å²) in [5.74, 6) is 0.